The van der Waals surface area contributed by atoms with Crippen molar-refractivity contribution in [1.82, 2.24) is 20.5 Å². The van der Waals surface area contributed by atoms with Crippen LogP contribution in [0.5, 0.6) is 0 Å². The summed E-state index contributed by atoms with van der Waals surface area (Å²) in [6, 6.07) is 11.6. The third-order valence-electron chi connectivity index (χ3n) is 5.99. The maximum absolute atomic E-state index is 12.4. The molecule has 1 aliphatic rings. The molecule has 1 N–H and O–H groups in total. The molecule has 0 saturated heterocycles. The molecule has 7 heteroatoms. The summed E-state index contributed by atoms with van der Waals surface area (Å²) in [4.78, 5) is 18.8. The molecule has 1 fully saturated rings. The Hall–Kier alpha value is -3.22. The molecule has 3 aromatic rings. The van der Waals surface area contributed by atoms with E-state index in [9.17, 15) is 4.79 Å². The van der Waals surface area contributed by atoms with E-state index in [0.29, 0.717) is 29.8 Å². The number of carbonyl (C=O) groups is 1. The first-order valence-electron chi connectivity index (χ1n) is 10.8. The Kier molecular flexibility index (Phi) is 6.30. The number of nitrogens with zero attached hydrogens (tertiary/aromatic N) is 4. The van der Waals surface area contributed by atoms with Crippen molar-refractivity contribution in [2.24, 2.45) is 5.92 Å². The van der Waals surface area contributed by atoms with Crippen LogP contribution in [0.4, 0.5) is 5.69 Å². The molecule has 2 aromatic heterocycles. The fourth-order valence-electron chi connectivity index (χ4n) is 3.97. The third-order valence-corrected chi connectivity index (χ3v) is 5.99. The highest BCUT2D eigenvalue weighted by atomic mass is 16.4. The van der Waals surface area contributed by atoms with E-state index in [1.807, 2.05) is 62.3 Å². The molecule has 0 spiro atoms. The minimum absolute atomic E-state index is 0.0133. The van der Waals surface area contributed by atoms with Gasteiger partial charge in [0.15, 0.2) is 0 Å². The lowest BCUT2D eigenvalue weighted by Gasteiger charge is -2.26. The number of benzene rings is 1. The van der Waals surface area contributed by atoms with Crippen molar-refractivity contribution in [2.75, 3.05) is 25.5 Å². The van der Waals surface area contributed by atoms with Crippen LogP contribution in [0.15, 0.2) is 47.0 Å². The predicted octanol–water partition coefficient (Wildman–Crippen LogP) is 4.21. The second kappa shape index (κ2) is 9.29. The Labute approximate surface area is 182 Å². The third kappa shape index (κ3) is 5.10. The summed E-state index contributed by atoms with van der Waals surface area (Å²) in [7, 11) is 3.97. The largest absolute Gasteiger partial charge is 0.420 e. The Morgan fingerprint density at radius 1 is 1.06 bits per heavy atom. The maximum atomic E-state index is 12.4. The van der Waals surface area contributed by atoms with Gasteiger partial charge in [-0.3, -0.25) is 9.78 Å². The average Bonchev–Trinajstić information content (AvgIpc) is 3.28. The number of aryl methyl sites for hydroxylation is 1. The molecule has 0 radical (unpaired) electrons. The Bertz CT molecular complexity index is 1000. The highest BCUT2D eigenvalue weighted by molar-refractivity contribution is 5.94. The Morgan fingerprint density at radius 2 is 1.81 bits per heavy atom. The van der Waals surface area contributed by atoms with Crippen molar-refractivity contribution < 1.29 is 9.21 Å². The van der Waals surface area contributed by atoms with Gasteiger partial charge in [0.1, 0.15) is 0 Å². The van der Waals surface area contributed by atoms with Crippen LogP contribution >= 0.6 is 0 Å². The van der Waals surface area contributed by atoms with E-state index in [4.69, 9.17) is 4.42 Å². The van der Waals surface area contributed by atoms with Crippen LogP contribution in [0.2, 0.25) is 0 Å². The molecule has 2 heterocycles. The van der Waals surface area contributed by atoms with E-state index in [-0.39, 0.29) is 11.8 Å². The van der Waals surface area contributed by atoms with Crippen LogP contribution in [0.1, 0.15) is 53.5 Å². The van der Waals surface area contributed by atoms with E-state index < -0.39 is 0 Å². The molecule has 0 aliphatic heterocycles. The highest BCUT2D eigenvalue weighted by Gasteiger charge is 2.27. The zero-order valence-corrected chi connectivity index (χ0v) is 18.3. The second-order valence-corrected chi connectivity index (χ2v) is 8.50. The summed E-state index contributed by atoms with van der Waals surface area (Å²) in [6.07, 6.45) is 5.82. The van der Waals surface area contributed by atoms with Crippen LogP contribution in [-0.4, -0.2) is 41.7 Å². The van der Waals surface area contributed by atoms with E-state index in [2.05, 4.69) is 20.5 Å². The maximum Gasteiger partial charge on any atom is 0.251 e. The molecule has 1 saturated carbocycles. The molecule has 1 aliphatic carbocycles. The van der Waals surface area contributed by atoms with E-state index >= 15 is 0 Å². The number of aromatic nitrogens is 3. The summed E-state index contributed by atoms with van der Waals surface area (Å²) >= 11 is 0. The van der Waals surface area contributed by atoms with Crippen LogP contribution in [-0.2, 0) is 0 Å². The molecule has 4 rings (SSSR count). The van der Waals surface area contributed by atoms with Crippen LogP contribution in [0.3, 0.4) is 0 Å². The lowest BCUT2D eigenvalue weighted by Crippen LogP contribution is -2.31. The van der Waals surface area contributed by atoms with Crippen molar-refractivity contribution in [2.45, 2.75) is 38.5 Å². The van der Waals surface area contributed by atoms with Crippen molar-refractivity contribution in [3.05, 3.63) is 59.7 Å². The number of rotatable bonds is 6. The smallest absolute Gasteiger partial charge is 0.251 e. The number of nitrogens with one attached hydrogen (secondary N) is 1. The Balaban J connectivity index is 1.26. The molecule has 1 aromatic carbocycles. The molecule has 31 heavy (non-hydrogen) atoms. The average molecular weight is 420 g/mol. The lowest BCUT2D eigenvalue weighted by atomic mass is 9.82. The van der Waals surface area contributed by atoms with E-state index in [0.717, 1.165) is 42.6 Å². The fraction of sp³-hybridized carbons (Fsp3) is 0.417. The van der Waals surface area contributed by atoms with Crippen molar-refractivity contribution in [1.29, 1.82) is 0 Å². The summed E-state index contributed by atoms with van der Waals surface area (Å²) < 4.78 is 5.93. The Morgan fingerprint density at radius 3 is 2.45 bits per heavy atom. The van der Waals surface area contributed by atoms with Gasteiger partial charge >= 0.3 is 0 Å². The van der Waals surface area contributed by atoms with Gasteiger partial charge < -0.3 is 14.6 Å². The van der Waals surface area contributed by atoms with Gasteiger partial charge in [0.25, 0.3) is 5.91 Å². The highest BCUT2D eigenvalue weighted by Crippen LogP contribution is 2.35. The monoisotopic (exact) mass is 419 g/mol. The molecule has 1 amide bonds. The molecular weight excluding hydrogens is 390 g/mol. The van der Waals surface area contributed by atoms with Gasteiger partial charge in [-0.25, -0.2) is 0 Å². The van der Waals surface area contributed by atoms with Crippen LogP contribution in [0.25, 0.3) is 11.5 Å². The molecule has 0 unspecified atom stereocenters. The van der Waals surface area contributed by atoms with Gasteiger partial charge in [-0.05, 0) is 74.9 Å². The van der Waals surface area contributed by atoms with Gasteiger partial charge in [-0.15, -0.1) is 10.2 Å². The van der Waals surface area contributed by atoms with Gasteiger partial charge in [-0.1, -0.05) is 0 Å². The molecule has 162 valence electrons. The van der Waals surface area contributed by atoms with Gasteiger partial charge in [-0.2, -0.15) is 0 Å². The minimum atomic E-state index is -0.0133. The standard InChI is InChI=1S/C24H29N5O2/c1-16-4-7-20(15-25-16)24-28-27-23(31-24)19-8-5-17(6-9-19)14-26-22(30)18-10-12-21(13-11-18)29(2)3/h4,7,10-13,15,17,19H,5-6,8-9,14H2,1-3H3,(H,26,30). The first kappa shape index (κ1) is 21.0. The molecule has 0 bridgehead atoms. The van der Waals surface area contributed by atoms with Crippen molar-refractivity contribution >= 4 is 11.6 Å². The van der Waals surface area contributed by atoms with Gasteiger partial charge in [0, 0.05) is 49.7 Å². The summed E-state index contributed by atoms with van der Waals surface area (Å²) in [6.45, 7) is 2.65. The SMILES string of the molecule is Cc1ccc(-c2nnc(C3CCC(CNC(=O)c4ccc(N(C)C)cc4)CC3)o2)cn1. The molecule has 0 atom stereocenters. The van der Waals surface area contributed by atoms with Gasteiger partial charge in [0.2, 0.25) is 11.8 Å². The molecular formula is C24H29N5O2. The number of hydrogen-bond acceptors (Lipinski definition) is 6. The fourth-order valence-corrected chi connectivity index (χ4v) is 3.97. The van der Waals surface area contributed by atoms with E-state index in [1.165, 1.54) is 0 Å². The van der Waals surface area contributed by atoms with Gasteiger partial charge in [0.05, 0.1) is 5.56 Å². The second-order valence-electron chi connectivity index (χ2n) is 8.50. The summed E-state index contributed by atoms with van der Waals surface area (Å²) in [5, 5.41) is 11.6. The van der Waals surface area contributed by atoms with E-state index in [1.54, 1.807) is 6.20 Å². The van der Waals surface area contributed by atoms with Crippen LogP contribution in [0, 0.1) is 12.8 Å². The van der Waals surface area contributed by atoms with Crippen LogP contribution < -0.4 is 10.2 Å². The number of hydrogen-bond donors (Lipinski definition) is 1. The van der Waals surface area contributed by atoms with Crippen molar-refractivity contribution in [3.63, 3.8) is 0 Å². The predicted molar refractivity (Wildman–Crippen MR) is 120 cm³/mol. The summed E-state index contributed by atoms with van der Waals surface area (Å²) in [5.74, 6) is 1.98. The number of amides is 1. The molecule has 7 nitrogen and oxygen atoms in total. The van der Waals surface area contributed by atoms with Crippen molar-refractivity contribution in [3.8, 4) is 11.5 Å². The minimum Gasteiger partial charge on any atom is -0.420 e. The first-order valence-corrected chi connectivity index (χ1v) is 10.8. The first-order chi connectivity index (χ1) is 15.0. The quantitative estimate of drug-likeness (QED) is 0.644. The number of anilines is 1. The zero-order valence-electron chi connectivity index (χ0n) is 18.3. The normalized spacial score (nSPS) is 18.5. The number of pyridine rings is 1. The summed E-state index contributed by atoms with van der Waals surface area (Å²) in [5.41, 5.74) is 3.58. The lowest BCUT2D eigenvalue weighted by molar-refractivity contribution is 0.0942. The zero-order chi connectivity index (χ0) is 21.8. The number of carbonyl (C=O) groups excluding carboxylic acids is 1. The topological polar surface area (TPSA) is 84.2 Å².